The fourth-order valence-electron chi connectivity index (χ4n) is 2.26. The van der Waals surface area contributed by atoms with Crippen molar-refractivity contribution in [1.29, 1.82) is 0 Å². The fraction of sp³-hybridized carbons (Fsp3) is 0.333. The van der Waals surface area contributed by atoms with Crippen LogP contribution in [0.5, 0.6) is 11.5 Å². The van der Waals surface area contributed by atoms with Gasteiger partial charge in [0, 0.05) is 6.54 Å². The van der Waals surface area contributed by atoms with Gasteiger partial charge in [0.05, 0.1) is 13.4 Å². The number of alkyl halides is 2. The maximum absolute atomic E-state index is 12.3. The minimum atomic E-state index is -2.95. The molecule has 146 valence electrons. The first-order valence-electron chi connectivity index (χ1n) is 8.00. The van der Waals surface area contributed by atoms with Gasteiger partial charge in [-0.05, 0) is 37.1 Å². The molecule has 0 unspecified atom stereocenters. The van der Waals surface area contributed by atoms with Crippen LogP contribution in [0.25, 0.3) is 0 Å². The van der Waals surface area contributed by atoms with Crippen LogP contribution in [0.3, 0.4) is 0 Å². The van der Waals surface area contributed by atoms with E-state index >= 15 is 0 Å². The Labute approximate surface area is 154 Å². The second kappa shape index (κ2) is 9.56. The van der Waals surface area contributed by atoms with E-state index in [4.69, 9.17) is 13.9 Å². The number of hydrogen-bond donors (Lipinski definition) is 1. The van der Waals surface area contributed by atoms with Crippen molar-refractivity contribution in [3.05, 3.63) is 47.4 Å². The molecule has 0 radical (unpaired) electrons. The summed E-state index contributed by atoms with van der Waals surface area (Å²) in [5, 5.41) is 2.60. The summed E-state index contributed by atoms with van der Waals surface area (Å²) in [6.07, 6.45) is 1.78. The Balaban J connectivity index is 1.77. The third kappa shape index (κ3) is 5.98. The lowest BCUT2D eigenvalue weighted by atomic mass is 10.1. The van der Waals surface area contributed by atoms with Gasteiger partial charge in [0.25, 0.3) is 5.91 Å². The summed E-state index contributed by atoms with van der Waals surface area (Å²) in [5.41, 5.74) is 1.01. The first-order chi connectivity index (χ1) is 12.9. The molecular weight excluding hydrogens is 364 g/mol. The quantitative estimate of drug-likeness (QED) is 0.670. The average Bonchev–Trinajstić information content (AvgIpc) is 3.06. The zero-order valence-electron chi connectivity index (χ0n) is 14.8. The Morgan fingerprint density at radius 2 is 2.00 bits per heavy atom. The van der Waals surface area contributed by atoms with Crippen LogP contribution in [0.1, 0.15) is 21.7 Å². The van der Waals surface area contributed by atoms with Gasteiger partial charge in [0.1, 0.15) is 11.3 Å². The SMILES string of the molecule is COc1cc(CCNC(=O)COC(=O)c2ccoc2C)ccc1OC(F)F. The largest absolute Gasteiger partial charge is 0.493 e. The van der Waals surface area contributed by atoms with E-state index in [1.54, 1.807) is 19.1 Å². The average molecular weight is 383 g/mol. The Bertz CT molecular complexity index is 790. The monoisotopic (exact) mass is 383 g/mol. The van der Waals surface area contributed by atoms with Crippen molar-refractivity contribution in [3.8, 4) is 11.5 Å². The molecule has 1 N–H and O–H groups in total. The number of rotatable bonds is 9. The maximum atomic E-state index is 12.3. The zero-order chi connectivity index (χ0) is 19.8. The van der Waals surface area contributed by atoms with Crippen LogP contribution >= 0.6 is 0 Å². The van der Waals surface area contributed by atoms with Gasteiger partial charge in [0.2, 0.25) is 0 Å². The summed E-state index contributed by atoms with van der Waals surface area (Å²) in [7, 11) is 1.34. The molecule has 0 aliphatic carbocycles. The number of methoxy groups -OCH3 is 1. The number of esters is 1. The number of hydrogen-bond acceptors (Lipinski definition) is 6. The van der Waals surface area contributed by atoms with Crippen LogP contribution in [-0.2, 0) is 16.0 Å². The Hall–Kier alpha value is -3.10. The van der Waals surface area contributed by atoms with Crippen LogP contribution in [0.2, 0.25) is 0 Å². The van der Waals surface area contributed by atoms with E-state index in [1.165, 1.54) is 25.5 Å². The number of aryl methyl sites for hydroxylation is 1. The lowest BCUT2D eigenvalue weighted by Gasteiger charge is -2.11. The summed E-state index contributed by atoms with van der Waals surface area (Å²) < 4.78 is 43.9. The van der Waals surface area contributed by atoms with Gasteiger partial charge in [0.15, 0.2) is 18.1 Å². The zero-order valence-corrected chi connectivity index (χ0v) is 14.8. The van der Waals surface area contributed by atoms with E-state index in [2.05, 4.69) is 10.1 Å². The Morgan fingerprint density at radius 1 is 1.22 bits per heavy atom. The number of carbonyl (C=O) groups excluding carboxylic acids is 2. The predicted octanol–water partition coefficient (Wildman–Crippen LogP) is 2.71. The highest BCUT2D eigenvalue weighted by atomic mass is 19.3. The molecule has 1 aromatic heterocycles. The van der Waals surface area contributed by atoms with Crippen molar-refractivity contribution < 1.29 is 37.0 Å². The second-order valence-corrected chi connectivity index (χ2v) is 5.43. The molecule has 7 nitrogen and oxygen atoms in total. The highest BCUT2D eigenvalue weighted by Gasteiger charge is 2.15. The van der Waals surface area contributed by atoms with Gasteiger partial charge in [-0.1, -0.05) is 6.07 Å². The normalized spacial score (nSPS) is 10.6. The molecule has 0 fully saturated rings. The predicted molar refractivity (Wildman–Crippen MR) is 90.1 cm³/mol. The standard InChI is InChI=1S/C18H19F2NO6/c1-11-13(6-8-25-11)17(23)26-10-16(22)21-7-5-12-3-4-14(27-18(19)20)15(9-12)24-2/h3-4,6,8-9,18H,5,7,10H2,1-2H3,(H,21,22). The van der Waals surface area contributed by atoms with Gasteiger partial charge in [-0.2, -0.15) is 8.78 Å². The molecule has 1 amide bonds. The van der Waals surface area contributed by atoms with Gasteiger partial charge in [-0.25, -0.2) is 4.79 Å². The summed E-state index contributed by atoms with van der Waals surface area (Å²) in [6.45, 7) is -1.49. The third-order valence-corrected chi connectivity index (χ3v) is 3.59. The van der Waals surface area contributed by atoms with Crippen LogP contribution in [-0.4, -0.2) is 38.7 Å². The lowest BCUT2D eigenvalue weighted by molar-refractivity contribution is -0.124. The number of amides is 1. The van der Waals surface area contributed by atoms with Gasteiger partial charge < -0.3 is 23.9 Å². The number of halogens is 2. The molecule has 0 saturated carbocycles. The van der Waals surface area contributed by atoms with Crippen LogP contribution in [0.15, 0.2) is 34.9 Å². The lowest BCUT2D eigenvalue weighted by Crippen LogP contribution is -2.30. The summed E-state index contributed by atoms with van der Waals surface area (Å²) >= 11 is 0. The summed E-state index contributed by atoms with van der Waals surface area (Å²) in [4.78, 5) is 23.5. The van der Waals surface area contributed by atoms with Crippen molar-refractivity contribution in [1.82, 2.24) is 5.32 Å². The van der Waals surface area contributed by atoms with E-state index in [-0.39, 0.29) is 23.6 Å². The third-order valence-electron chi connectivity index (χ3n) is 3.59. The van der Waals surface area contributed by atoms with E-state index in [9.17, 15) is 18.4 Å². The molecule has 27 heavy (non-hydrogen) atoms. The van der Waals surface area contributed by atoms with E-state index < -0.39 is 25.1 Å². The first-order valence-corrected chi connectivity index (χ1v) is 8.00. The van der Waals surface area contributed by atoms with Gasteiger partial charge >= 0.3 is 12.6 Å². The number of ether oxygens (including phenoxy) is 3. The molecule has 2 rings (SSSR count). The molecule has 0 bridgehead atoms. The second-order valence-electron chi connectivity index (χ2n) is 5.43. The molecule has 9 heteroatoms. The Morgan fingerprint density at radius 3 is 2.63 bits per heavy atom. The smallest absolute Gasteiger partial charge is 0.387 e. The number of nitrogens with one attached hydrogen (secondary N) is 1. The van der Waals surface area contributed by atoms with E-state index in [1.807, 2.05) is 0 Å². The van der Waals surface area contributed by atoms with Crippen molar-refractivity contribution in [2.75, 3.05) is 20.3 Å². The molecule has 1 heterocycles. The Kier molecular flexibility index (Phi) is 7.16. The minimum Gasteiger partial charge on any atom is -0.493 e. The van der Waals surface area contributed by atoms with Crippen molar-refractivity contribution in [2.24, 2.45) is 0 Å². The van der Waals surface area contributed by atoms with Crippen molar-refractivity contribution in [3.63, 3.8) is 0 Å². The maximum Gasteiger partial charge on any atom is 0.387 e. The molecule has 2 aromatic rings. The fourth-order valence-corrected chi connectivity index (χ4v) is 2.26. The van der Waals surface area contributed by atoms with Crippen molar-refractivity contribution >= 4 is 11.9 Å². The molecule has 0 atom stereocenters. The summed E-state index contributed by atoms with van der Waals surface area (Å²) in [5.74, 6) is -0.594. The topological polar surface area (TPSA) is 87.0 Å². The highest BCUT2D eigenvalue weighted by Crippen LogP contribution is 2.29. The molecule has 1 aromatic carbocycles. The first kappa shape index (κ1) is 20.2. The summed E-state index contributed by atoms with van der Waals surface area (Å²) in [6, 6.07) is 5.97. The van der Waals surface area contributed by atoms with Crippen LogP contribution in [0, 0.1) is 6.92 Å². The molecule has 0 aliphatic heterocycles. The van der Waals surface area contributed by atoms with Gasteiger partial charge in [-0.3, -0.25) is 4.79 Å². The van der Waals surface area contributed by atoms with E-state index in [0.29, 0.717) is 12.2 Å². The number of furan rings is 1. The molecule has 0 aliphatic rings. The number of carbonyl (C=O) groups is 2. The van der Waals surface area contributed by atoms with Crippen LogP contribution in [0.4, 0.5) is 8.78 Å². The van der Waals surface area contributed by atoms with Crippen molar-refractivity contribution in [2.45, 2.75) is 20.0 Å². The minimum absolute atomic E-state index is 0.0678. The highest BCUT2D eigenvalue weighted by molar-refractivity contribution is 5.92. The molecule has 0 saturated heterocycles. The van der Waals surface area contributed by atoms with Gasteiger partial charge in [-0.15, -0.1) is 0 Å². The van der Waals surface area contributed by atoms with Crippen LogP contribution < -0.4 is 14.8 Å². The molecule has 0 spiro atoms. The van der Waals surface area contributed by atoms with E-state index in [0.717, 1.165) is 5.56 Å². The molecular formula is C18H19F2NO6. The number of benzene rings is 1.